The van der Waals surface area contributed by atoms with Crippen molar-refractivity contribution < 1.29 is 19.1 Å². The highest BCUT2D eigenvalue weighted by Gasteiger charge is 2.20. The van der Waals surface area contributed by atoms with Crippen LogP contribution >= 0.6 is 0 Å². The second-order valence-corrected chi connectivity index (χ2v) is 5.14. The molecule has 1 aromatic rings. The number of Topliss-reactive ketones (excluding diaryl/α,β-unsaturated/α-hetero) is 1. The maximum atomic E-state index is 12.2. The summed E-state index contributed by atoms with van der Waals surface area (Å²) in [4.78, 5) is 23.4. The molecule has 2 aliphatic rings. The van der Waals surface area contributed by atoms with Crippen LogP contribution in [0, 0.1) is 0 Å². The van der Waals surface area contributed by atoms with E-state index in [2.05, 4.69) is 5.32 Å². The Bertz CT molecular complexity index is 535. The van der Waals surface area contributed by atoms with Gasteiger partial charge in [-0.15, -0.1) is 0 Å². The van der Waals surface area contributed by atoms with Crippen molar-refractivity contribution in [2.45, 2.75) is 31.8 Å². The van der Waals surface area contributed by atoms with Crippen LogP contribution in [0.3, 0.4) is 0 Å². The summed E-state index contributed by atoms with van der Waals surface area (Å²) in [7, 11) is 0. The molecule has 1 amide bonds. The van der Waals surface area contributed by atoms with Crippen molar-refractivity contribution in [3.05, 3.63) is 23.8 Å². The summed E-state index contributed by atoms with van der Waals surface area (Å²) < 4.78 is 10.8. The molecule has 20 heavy (non-hydrogen) atoms. The third-order valence-electron chi connectivity index (χ3n) is 3.65. The molecular weight excluding hydrogens is 258 g/mol. The van der Waals surface area contributed by atoms with Crippen molar-refractivity contribution in [1.82, 2.24) is 0 Å². The fraction of sp³-hybridized carbons (Fsp3) is 0.467. The zero-order chi connectivity index (χ0) is 13.9. The first-order valence-electron chi connectivity index (χ1n) is 6.94. The van der Waals surface area contributed by atoms with Crippen LogP contribution in [0.1, 0.15) is 36.0 Å². The molecule has 0 aromatic heterocycles. The number of carbonyl (C=O) groups is 2. The quantitative estimate of drug-likeness (QED) is 0.855. The standard InChI is InChI=1S/C15H17NO4/c17-13(5-4-11-2-1-7-19-11)10-3-6-14-12(8-10)16-15(18)9-20-14/h3,6,8,11H,1-2,4-5,7,9H2,(H,16,18). The van der Waals surface area contributed by atoms with E-state index in [1.165, 1.54) is 0 Å². The van der Waals surface area contributed by atoms with Gasteiger partial charge < -0.3 is 14.8 Å². The molecule has 1 unspecified atom stereocenters. The van der Waals surface area contributed by atoms with Gasteiger partial charge in [0.15, 0.2) is 12.4 Å². The van der Waals surface area contributed by atoms with Gasteiger partial charge in [0.05, 0.1) is 11.8 Å². The van der Waals surface area contributed by atoms with Gasteiger partial charge in [-0.2, -0.15) is 0 Å². The highest BCUT2D eigenvalue weighted by molar-refractivity contribution is 6.00. The number of hydrogen-bond donors (Lipinski definition) is 1. The van der Waals surface area contributed by atoms with Crippen LogP contribution in [0.2, 0.25) is 0 Å². The van der Waals surface area contributed by atoms with Crippen LogP contribution in [-0.4, -0.2) is 31.0 Å². The van der Waals surface area contributed by atoms with Gasteiger partial charge >= 0.3 is 0 Å². The Morgan fingerprint density at radius 3 is 3.10 bits per heavy atom. The molecule has 1 saturated heterocycles. The van der Waals surface area contributed by atoms with E-state index in [0.717, 1.165) is 25.9 Å². The van der Waals surface area contributed by atoms with Gasteiger partial charge in [0, 0.05) is 18.6 Å². The molecule has 5 heteroatoms. The number of fused-ring (bicyclic) bond motifs is 1. The topological polar surface area (TPSA) is 64.6 Å². The molecule has 0 bridgehead atoms. The third kappa shape index (κ3) is 2.82. The average molecular weight is 275 g/mol. The largest absolute Gasteiger partial charge is 0.482 e. The van der Waals surface area contributed by atoms with E-state index in [4.69, 9.17) is 9.47 Å². The minimum Gasteiger partial charge on any atom is -0.482 e. The number of carbonyl (C=O) groups excluding carboxylic acids is 2. The molecule has 0 saturated carbocycles. The summed E-state index contributed by atoms with van der Waals surface area (Å²) in [6.07, 6.45) is 3.58. The molecule has 1 atom stereocenters. The van der Waals surface area contributed by atoms with Crippen molar-refractivity contribution in [2.24, 2.45) is 0 Å². The van der Waals surface area contributed by atoms with E-state index in [1.807, 2.05) is 0 Å². The van der Waals surface area contributed by atoms with Crippen LogP contribution in [0.5, 0.6) is 5.75 Å². The number of ketones is 1. The first-order valence-corrected chi connectivity index (χ1v) is 6.94. The molecule has 2 aliphatic heterocycles. The van der Waals surface area contributed by atoms with Crippen LogP contribution in [-0.2, 0) is 9.53 Å². The number of amides is 1. The molecule has 1 fully saturated rings. The Hall–Kier alpha value is -1.88. The van der Waals surface area contributed by atoms with E-state index in [-0.39, 0.29) is 24.4 Å². The first kappa shape index (κ1) is 13.1. The van der Waals surface area contributed by atoms with Gasteiger partial charge in [0.1, 0.15) is 5.75 Å². The summed E-state index contributed by atoms with van der Waals surface area (Å²) >= 11 is 0. The maximum Gasteiger partial charge on any atom is 0.262 e. The van der Waals surface area contributed by atoms with E-state index < -0.39 is 0 Å². The minimum atomic E-state index is -0.193. The van der Waals surface area contributed by atoms with Gasteiger partial charge in [-0.05, 0) is 37.5 Å². The zero-order valence-electron chi connectivity index (χ0n) is 11.2. The monoisotopic (exact) mass is 275 g/mol. The Morgan fingerprint density at radius 2 is 2.30 bits per heavy atom. The number of nitrogens with one attached hydrogen (secondary N) is 1. The fourth-order valence-corrected chi connectivity index (χ4v) is 2.56. The number of ether oxygens (including phenoxy) is 2. The van der Waals surface area contributed by atoms with E-state index in [9.17, 15) is 9.59 Å². The molecule has 106 valence electrons. The molecular formula is C15H17NO4. The fourth-order valence-electron chi connectivity index (χ4n) is 2.56. The maximum absolute atomic E-state index is 12.2. The highest BCUT2D eigenvalue weighted by atomic mass is 16.5. The number of hydrogen-bond acceptors (Lipinski definition) is 4. The van der Waals surface area contributed by atoms with E-state index >= 15 is 0 Å². The van der Waals surface area contributed by atoms with Crippen LogP contribution < -0.4 is 10.1 Å². The molecule has 0 aliphatic carbocycles. The second-order valence-electron chi connectivity index (χ2n) is 5.14. The highest BCUT2D eigenvalue weighted by Crippen LogP contribution is 2.29. The normalized spacial score (nSPS) is 21.0. The van der Waals surface area contributed by atoms with Crippen LogP contribution in [0.25, 0.3) is 0 Å². The van der Waals surface area contributed by atoms with Gasteiger partial charge in [-0.3, -0.25) is 9.59 Å². The SMILES string of the molecule is O=C1COc2ccc(C(=O)CCC3CCCO3)cc2N1. The summed E-state index contributed by atoms with van der Waals surface area (Å²) in [5.74, 6) is 0.491. The van der Waals surface area contributed by atoms with Crippen LogP contribution in [0.15, 0.2) is 18.2 Å². The van der Waals surface area contributed by atoms with E-state index in [0.29, 0.717) is 23.4 Å². The van der Waals surface area contributed by atoms with Crippen molar-refractivity contribution in [3.8, 4) is 5.75 Å². The minimum absolute atomic E-state index is 0.0271. The molecule has 0 spiro atoms. The second kappa shape index (κ2) is 5.63. The predicted molar refractivity (Wildman–Crippen MR) is 73.1 cm³/mol. The van der Waals surface area contributed by atoms with Crippen LogP contribution in [0.4, 0.5) is 5.69 Å². The van der Waals surface area contributed by atoms with E-state index in [1.54, 1.807) is 18.2 Å². The summed E-state index contributed by atoms with van der Waals surface area (Å²) in [5.41, 5.74) is 1.18. The lowest BCUT2D eigenvalue weighted by molar-refractivity contribution is -0.118. The Morgan fingerprint density at radius 1 is 1.40 bits per heavy atom. The third-order valence-corrected chi connectivity index (χ3v) is 3.65. The van der Waals surface area contributed by atoms with Crippen molar-refractivity contribution in [3.63, 3.8) is 0 Å². The predicted octanol–water partition coefficient (Wildman–Crippen LogP) is 2.16. The lowest BCUT2D eigenvalue weighted by Gasteiger charge is -2.18. The van der Waals surface area contributed by atoms with Gasteiger partial charge in [-0.1, -0.05) is 0 Å². The molecule has 2 heterocycles. The smallest absolute Gasteiger partial charge is 0.262 e. The van der Waals surface area contributed by atoms with Crippen molar-refractivity contribution in [2.75, 3.05) is 18.5 Å². The molecule has 0 radical (unpaired) electrons. The number of benzene rings is 1. The lowest BCUT2D eigenvalue weighted by atomic mass is 10.0. The number of anilines is 1. The number of rotatable bonds is 4. The molecule has 1 N–H and O–H groups in total. The zero-order valence-corrected chi connectivity index (χ0v) is 11.2. The molecule has 5 nitrogen and oxygen atoms in total. The molecule has 3 rings (SSSR count). The summed E-state index contributed by atoms with van der Waals surface area (Å²) in [6, 6.07) is 5.16. The van der Waals surface area contributed by atoms with Crippen molar-refractivity contribution in [1.29, 1.82) is 0 Å². The first-order chi connectivity index (χ1) is 9.72. The molecule has 1 aromatic carbocycles. The Kier molecular flexibility index (Phi) is 3.69. The summed E-state index contributed by atoms with van der Waals surface area (Å²) in [5, 5.41) is 2.71. The van der Waals surface area contributed by atoms with Gasteiger partial charge in [0.25, 0.3) is 5.91 Å². The van der Waals surface area contributed by atoms with Crippen molar-refractivity contribution >= 4 is 17.4 Å². The lowest BCUT2D eigenvalue weighted by Crippen LogP contribution is -2.25. The van der Waals surface area contributed by atoms with Gasteiger partial charge in [-0.25, -0.2) is 0 Å². The Balaban J connectivity index is 1.65. The van der Waals surface area contributed by atoms with Gasteiger partial charge in [0.2, 0.25) is 0 Å². The average Bonchev–Trinajstić information content (AvgIpc) is 2.97. The summed E-state index contributed by atoms with van der Waals surface area (Å²) in [6.45, 7) is 0.834. The Labute approximate surface area is 117 Å².